The van der Waals surface area contributed by atoms with E-state index in [-0.39, 0.29) is 5.91 Å². The van der Waals surface area contributed by atoms with Crippen LogP contribution in [0.3, 0.4) is 0 Å². The van der Waals surface area contributed by atoms with Crippen molar-refractivity contribution >= 4 is 22.8 Å². The van der Waals surface area contributed by atoms with Crippen LogP contribution in [0.15, 0.2) is 71.5 Å². The standard InChI is InChI=1S/C24H23N5O2/c30-24(29-14-12-28(13-15-29)22-17-25-10-11-26-22)19-7-8-21-20(16-19)27-23(31-21)9-6-18-4-2-1-3-5-18/h1-5,7-8,10-11,16-17H,6,9,12-15H2. The summed E-state index contributed by atoms with van der Waals surface area (Å²) in [6.07, 6.45) is 6.71. The van der Waals surface area contributed by atoms with Crippen molar-refractivity contribution in [2.45, 2.75) is 12.8 Å². The normalized spacial score (nSPS) is 14.2. The molecule has 1 saturated heterocycles. The van der Waals surface area contributed by atoms with Gasteiger partial charge in [-0.3, -0.25) is 9.78 Å². The van der Waals surface area contributed by atoms with Crippen molar-refractivity contribution in [3.8, 4) is 0 Å². The summed E-state index contributed by atoms with van der Waals surface area (Å²) >= 11 is 0. The van der Waals surface area contributed by atoms with E-state index in [1.165, 1.54) is 5.56 Å². The van der Waals surface area contributed by atoms with Gasteiger partial charge in [-0.15, -0.1) is 0 Å². The molecule has 0 radical (unpaired) electrons. The van der Waals surface area contributed by atoms with Crippen LogP contribution in [0.25, 0.3) is 11.1 Å². The molecule has 2 aromatic heterocycles. The zero-order valence-electron chi connectivity index (χ0n) is 17.1. The Hall–Kier alpha value is -3.74. The van der Waals surface area contributed by atoms with E-state index < -0.39 is 0 Å². The third-order valence-electron chi connectivity index (χ3n) is 5.59. The number of aryl methyl sites for hydroxylation is 2. The van der Waals surface area contributed by atoms with Gasteiger partial charge in [0.1, 0.15) is 11.3 Å². The fourth-order valence-corrected chi connectivity index (χ4v) is 3.89. The molecule has 0 saturated carbocycles. The summed E-state index contributed by atoms with van der Waals surface area (Å²) < 4.78 is 5.88. The van der Waals surface area contributed by atoms with Crippen LogP contribution in [0.4, 0.5) is 5.82 Å². The van der Waals surface area contributed by atoms with Gasteiger partial charge in [-0.05, 0) is 30.2 Å². The number of piperazine rings is 1. The van der Waals surface area contributed by atoms with Crippen LogP contribution in [-0.4, -0.2) is 51.9 Å². The van der Waals surface area contributed by atoms with Crippen molar-refractivity contribution in [2.75, 3.05) is 31.1 Å². The Morgan fingerprint density at radius 3 is 2.58 bits per heavy atom. The molecular weight excluding hydrogens is 390 g/mol. The fourth-order valence-electron chi connectivity index (χ4n) is 3.89. The molecule has 1 aliphatic heterocycles. The van der Waals surface area contributed by atoms with Crippen molar-refractivity contribution in [3.05, 3.63) is 84.1 Å². The number of rotatable bonds is 5. The molecule has 4 aromatic rings. The zero-order chi connectivity index (χ0) is 21.0. The van der Waals surface area contributed by atoms with E-state index in [0.29, 0.717) is 30.1 Å². The van der Waals surface area contributed by atoms with E-state index in [1.807, 2.05) is 41.3 Å². The molecule has 1 aliphatic rings. The molecule has 0 bridgehead atoms. The second kappa shape index (κ2) is 8.55. The van der Waals surface area contributed by atoms with Gasteiger partial charge in [0, 0.05) is 50.6 Å². The Bertz CT molecular complexity index is 1170. The molecule has 156 valence electrons. The highest BCUT2D eigenvalue weighted by molar-refractivity contribution is 5.97. The summed E-state index contributed by atoms with van der Waals surface area (Å²) in [5.74, 6) is 1.57. The molecule has 0 atom stereocenters. The maximum atomic E-state index is 13.0. The molecule has 2 aromatic carbocycles. The van der Waals surface area contributed by atoms with E-state index in [4.69, 9.17) is 4.42 Å². The Balaban J connectivity index is 1.24. The molecule has 31 heavy (non-hydrogen) atoms. The predicted molar refractivity (Wildman–Crippen MR) is 118 cm³/mol. The smallest absolute Gasteiger partial charge is 0.254 e. The predicted octanol–water partition coefficient (Wildman–Crippen LogP) is 3.37. The first-order valence-electron chi connectivity index (χ1n) is 10.5. The number of nitrogens with zero attached hydrogens (tertiary/aromatic N) is 5. The van der Waals surface area contributed by atoms with E-state index >= 15 is 0 Å². The average Bonchev–Trinajstić information content (AvgIpc) is 3.26. The van der Waals surface area contributed by atoms with Gasteiger partial charge in [-0.1, -0.05) is 30.3 Å². The number of carbonyl (C=O) groups is 1. The number of carbonyl (C=O) groups excluding carboxylic acids is 1. The number of oxazole rings is 1. The number of hydrogen-bond donors (Lipinski definition) is 0. The van der Waals surface area contributed by atoms with Crippen LogP contribution >= 0.6 is 0 Å². The molecule has 0 spiro atoms. The lowest BCUT2D eigenvalue weighted by Gasteiger charge is -2.35. The number of amides is 1. The van der Waals surface area contributed by atoms with Gasteiger partial charge in [0.2, 0.25) is 0 Å². The number of aromatic nitrogens is 3. The first-order valence-corrected chi connectivity index (χ1v) is 10.5. The summed E-state index contributed by atoms with van der Waals surface area (Å²) in [4.78, 5) is 30.1. The maximum absolute atomic E-state index is 13.0. The molecule has 3 heterocycles. The van der Waals surface area contributed by atoms with E-state index in [1.54, 1.807) is 18.6 Å². The van der Waals surface area contributed by atoms with Crippen LogP contribution in [0.5, 0.6) is 0 Å². The lowest BCUT2D eigenvalue weighted by atomic mass is 10.1. The minimum absolute atomic E-state index is 0.0227. The van der Waals surface area contributed by atoms with Crippen LogP contribution in [0.2, 0.25) is 0 Å². The summed E-state index contributed by atoms with van der Waals surface area (Å²) in [6.45, 7) is 2.77. The summed E-state index contributed by atoms with van der Waals surface area (Å²) in [5.41, 5.74) is 3.34. The Morgan fingerprint density at radius 2 is 1.81 bits per heavy atom. The summed E-state index contributed by atoms with van der Waals surface area (Å²) in [6, 6.07) is 15.8. The quantitative estimate of drug-likeness (QED) is 0.499. The highest BCUT2D eigenvalue weighted by Crippen LogP contribution is 2.20. The van der Waals surface area contributed by atoms with Crippen LogP contribution in [0, 0.1) is 0 Å². The fraction of sp³-hybridized carbons (Fsp3) is 0.250. The lowest BCUT2D eigenvalue weighted by molar-refractivity contribution is 0.0746. The van der Waals surface area contributed by atoms with Crippen LogP contribution < -0.4 is 4.90 Å². The molecule has 1 fully saturated rings. The minimum Gasteiger partial charge on any atom is -0.441 e. The van der Waals surface area contributed by atoms with Gasteiger partial charge in [0.05, 0.1) is 6.20 Å². The Labute approximate surface area is 180 Å². The molecule has 0 N–H and O–H groups in total. The van der Waals surface area contributed by atoms with E-state index in [2.05, 4.69) is 32.0 Å². The van der Waals surface area contributed by atoms with Gasteiger partial charge in [0.15, 0.2) is 11.5 Å². The molecule has 1 amide bonds. The number of benzene rings is 2. The third-order valence-corrected chi connectivity index (χ3v) is 5.59. The van der Waals surface area contributed by atoms with Gasteiger partial charge in [-0.2, -0.15) is 0 Å². The number of anilines is 1. The highest BCUT2D eigenvalue weighted by atomic mass is 16.3. The first kappa shape index (κ1) is 19.2. The molecule has 5 rings (SSSR count). The van der Waals surface area contributed by atoms with Gasteiger partial charge in [0.25, 0.3) is 5.91 Å². The van der Waals surface area contributed by atoms with Crippen molar-refractivity contribution in [3.63, 3.8) is 0 Å². The Morgan fingerprint density at radius 1 is 0.968 bits per heavy atom. The zero-order valence-corrected chi connectivity index (χ0v) is 17.1. The average molecular weight is 413 g/mol. The van der Waals surface area contributed by atoms with Crippen molar-refractivity contribution in [1.82, 2.24) is 19.9 Å². The third kappa shape index (κ3) is 4.26. The lowest BCUT2D eigenvalue weighted by Crippen LogP contribution is -2.49. The highest BCUT2D eigenvalue weighted by Gasteiger charge is 2.23. The number of fused-ring (bicyclic) bond motifs is 1. The van der Waals surface area contributed by atoms with Crippen LogP contribution in [0.1, 0.15) is 21.8 Å². The topological polar surface area (TPSA) is 75.4 Å². The van der Waals surface area contributed by atoms with Gasteiger partial charge < -0.3 is 14.2 Å². The molecule has 7 heteroatoms. The second-order valence-electron chi connectivity index (χ2n) is 7.62. The van der Waals surface area contributed by atoms with Crippen molar-refractivity contribution in [1.29, 1.82) is 0 Å². The van der Waals surface area contributed by atoms with E-state index in [0.717, 1.165) is 37.3 Å². The molecule has 7 nitrogen and oxygen atoms in total. The SMILES string of the molecule is O=C(c1ccc2oc(CCc3ccccc3)nc2c1)N1CCN(c2cnccn2)CC1. The summed E-state index contributed by atoms with van der Waals surface area (Å²) in [7, 11) is 0. The van der Waals surface area contributed by atoms with Crippen LogP contribution in [-0.2, 0) is 12.8 Å². The first-order chi connectivity index (χ1) is 15.3. The van der Waals surface area contributed by atoms with Gasteiger partial charge >= 0.3 is 0 Å². The number of hydrogen-bond acceptors (Lipinski definition) is 6. The maximum Gasteiger partial charge on any atom is 0.254 e. The molecular formula is C24H23N5O2. The largest absolute Gasteiger partial charge is 0.441 e. The van der Waals surface area contributed by atoms with Crippen molar-refractivity contribution < 1.29 is 9.21 Å². The monoisotopic (exact) mass is 413 g/mol. The van der Waals surface area contributed by atoms with Crippen molar-refractivity contribution in [2.24, 2.45) is 0 Å². The summed E-state index contributed by atoms with van der Waals surface area (Å²) in [5, 5.41) is 0. The minimum atomic E-state index is 0.0227. The van der Waals surface area contributed by atoms with Gasteiger partial charge in [-0.25, -0.2) is 9.97 Å². The molecule has 0 aliphatic carbocycles. The Kier molecular flexibility index (Phi) is 5.31. The second-order valence-corrected chi connectivity index (χ2v) is 7.62. The molecule has 0 unspecified atom stereocenters. The van der Waals surface area contributed by atoms with E-state index in [9.17, 15) is 4.79 Å².